The van der Waals surface area contributed by atoms with Crippen molar-refractivity contribution in [2.45, 2.75) is 20.4 Å². The maximum atomic E-state index is 12.2. The molecule has 0 saturated carbocycles. The number of rotatable bonds is 4. The molecule has 21 heavy (non-hydrogen) atoms. The van der Waals surface area contributed by atoms with Gasteiger partial charge in [-0.25, -0.2) is 0 Å². The number of hydrogen-bond acceptors (Lipinski definition) is 3. The highest BCUT2D eigenvalue weighted by molar-refractivity contribution is 14.1. The van der Waals surface area contributed by atoms with Crippen LogP contribution in [-0.2, 0) is 6.54 Å². The molecule has 1 heterocycles. The van der Waals surface area contributed by atoms with E-state index < -0.39 is 0 Å². The van der Waals surface area contributed by atoms with Crippen LogP contribution < -0.4 is 10.3 Å². The molecule has 2 aromatic rings. The minimum Gasteiger partial charge on any atom is -0.479 e. The van der Waals surface area contributed by atoms with Gasteiger partial charge >= 0.3 is 0 Å². The molecular formula is C16H15IN2O2. The van der Waals surface area contributed by atoms with Crippen molar-refractivity contribution in [2.24, 2.45) is 0 Å². The van der Waals surface area contributed by atoms with Gasteiger partial charge in [-0.2, -0.15) is 5.26 Å². The molecule has 0 aliphatic heterocycles. The Morgan fingerprint density at radius 1 is 1.33 bits per heavy atom. The summed E-state index contributed by atoms with van der Waals surface area (Å²) in [6.45, 7) is 4.58. The third kappa shape index (κ3) is 3.27. The highest BCUT2D eigenvalue weighted by atomic mass is 127. The standard InChI is InChI=1S/C16H15IN2O2/c1-3-19-15(7-6-14(17)16(19)20)13-5-4-12(10-11(13)2)21-9-8-18/h4-7,10H,3,9H2,1-2H3. The third-order valence-electron chi connectivity index (χ3n) is 3.22. The predicted octanol–water partition coefficient (Wildman–Crippen LogP) is 3.35. The Kier molecular flexibility index (Phi) is 5.02. The molecule has 0 aliphatic carbocycles. The van der Waals surface area contributed by atoms with Crippen LogP contribution in [0.15, 0.2) is 35.1 Å². The lowest BCUT2D eigenvalue weighted by atomic mass is 10.0. The Morgan fingerprint density at radius 3 is 2.71 bits per heavy atom. The van der Waals surface area contributed by atoms with Crippen LogP contribution in [0.4, 0.5) is 0 Å². The van der Waals surface area contributed by atoms with Crippen molar-refractivity contribution in [3.8, 4) is 23.1 Å². The summed E-state index contributed by atoms with van der Waals surface area (Å²) in [6.07, 6.45) is 0. The molecule has 0 unspecified atom stereocenters. The van der Waals surface area contributed by atoms with Crippen LogP contribution in [-0.4, -0.2) is 11.2 Å². The number of benzene rings is 1. The fraction of sp³-hybridized carbons (Fsp3) is 0.250. The van der Waals surface area contributed by atoms with Gasteiger partial charge in [-0.15, -0.1) is 0 Å². The van der Waals surface area contributed by atoms with Crippen LogP contribution in [0.3, 0.4) is 0 Å². The zero-order valence-corrected chi connectivity index (χ0v) is 14.0. The highest BCUT2D eigenvalue weighted by Gasteiger charge is 2.10. The molecule has 0 aliphatic rings. The summed E-state index contributed by atoms with van der Waals surface area (Å²) in [7, 11) is 0. The first-order chi connectivity index (χ1) is 10.1. The summed E-state index contributed by atoms with van der Waals surface area (Å²) in [5.74, 6) is 0.661. The van der Waals surface area contributed by atoms with E-state index in [4.69, 9.17) is 10.00 Å². The highest BCUT2D eigenvalue weighted by Crippen LogP contribution is 2.26. The zero-order valence-electron chi connectivity index (χ0n) is 11.9. The van der Waals surface area contributed by atoms with E-state index in [0.29, 0.717) is 15.9 Å². The first kappa shape index (κ1) is 15.6. The number of halogens is 1. The molecule has 0 atom stereocenters. The molecule has 1 aromatic carbocycles. The lowest BCUT2D eigenvalue weighted by Crippen LogP contribution is -2.23. The van der Waals surface area contributed by atoms with E-state index in [1.165, 1.54) is 0 Å². The van der Waals surface area contributed by atoms with E-state index >= 15 is 0 Å². The molecule has 0 amide bonds. The smallest absolute Gasteiger partial charge is 0.264 e. The Balaban J connectivity index is 2.51. The monoisotopic (exact) mass is 394 g/mol. The quantitative estimate of drug-likeness (QED) is 0.748. The number of hydrogen-bond donors (Lipinski definition) is 0. The van der Waals surface area contributed by atoms with Crippen LogP contribution in [0.25, 0.3) is 11.3 Å². The second-order valence-electron chi connectivity index (χ2n) is 4.54. The number of aromatic nitrogens is 1. The van der Waals surface area contributed by atoms with E-state index in [1.807, 2.05) is 50.2 Å². The first-order valence-electron chi connectivity index (χ1n) is 6.58. The van der Waals surface area contributed by atoms with E-state index in [1.54, 1.807) is 4.57 Å². The van der Waals surface area contributed by atoms with Crippen LogP contribution in [0, 0.1) is 21.8 Å². The number of aryl methyl sites for hydroxylation is 1. The minimum atomic E-state index is 0.0276. The van der Waals surface area contributed by atoms with Crippen LogP contribution in [0.2, 0.25) is 0 Å². The first-order valence-corrected chi connectivity index (χ1v) is 7.66. The lowest BCUT2D eigenvalue weighted by Gasteiger charge is -2.14. The second-order valence-corrected chi connectivity index (χ2v) is 5.70. The average molecular weight is 394 g/mol. The van der Waals surface area contributed by atoms with Crippen molar-refractivity contribution in [1.29, 1.82) is 5.26 Å². The van der Waals surface area contributed by atoms with Gasteiger partial charge in [0.2, 0.25) is 0 Å². The van der Waals surface area contributed by atoms with Gasteiger partial charge in [0.1, 0.15) is 11.8 Å². The van der Waals surface area contributed by atoms with Crippen molar-refractivity contribution in [2.75, 3.05) is 6.61 Å². The van der Waals surface area contributed by atoms with E-state index in [2.05, 4.69) is 22.6 Å². The van der Waals surface area contributed by atoms with Gasteiger partial charge in [0, 0.05) is 12.1 Å². The van der Waals surface area contributed by atoms with Gasteiger partial charge in [0.05, 0.1) is 9.26 Å². The zero-order chi connectivity index (χ0) is 15.4. The number of ether oxygens (including phenoxy) is 1. The Hall–Kier alpha value is -1.81. The second kappa shape index (κ2) is 6.76. The van der Waals surface area contributed by atoms with Crippen molar-refractivity contribution in [3.63, 3.8) is 0 Å². The van der Waals surface area contributed by atoms with Crippen molar-refractivity contribution < 1.29 is 4.74 Å². The molecular weight excluding hydrogens is 379 g/mol. The molecule has 0 saturated heterocycles. The average Bonchev–Trinajstić information content (AvgIpc) is 2.48. The molecule has 5 heteroatoms. The van der Waals surface area contributed by atoms with Gasteiger partial charge in [-0.3, -0.25) is 4.79 Å². The fourth-order valence-corrected chi connectivity index (χ4v) is 2.70. The molecule has 0 spiro atoms. The third-order valence-corrected chi connectivity index (χ3v) is 4.04. The predicted molar refractivity (Wildman–Crippen MR) is 90.4 cm³/mol. The summed E-state index contributed by atoms with van der Waals surface area (Å²) >= 11 is 2.05. The van der Waals surface area contributed by atoms with Crippen LogP contribution in [0.1, 0.15) is 12.5 Å². The van der Waals surface area contributed by atoms with Gasteiger partial charge in [-0.1, -0.05) is 0 Å². The summed E-state index contributed by atoms with van der Waals surface area (Å²) < 4.78 is 7.77. The Bertz CT molecular complexity index is 760. The van der Waals surface area contributed by atoms with Crippen molar-refractivity contribution in [1.82, 2.24) is 4.57 Å². The van der Waals surface area contributed by atoms with E-state index in [9.17, 15) is 4.79 Å². The van der Waals surface area contributed by atoms with Crippen LogP contribution >= 0.6 is 22.6 Å². The number of nitriles is 1. The summed E-state index contributed by atoms with van der Waals surface area (Å²) in [6, 6.07) is 11.4. The van der Waals surface area contributed by atoms with E-state index in [0.717, 1.165) is 16.8 Å². The molecule has 108 valence electrons. The SMILES string of the molecule is CCn1c(-c2ccc(OCC#N)cc2C)ccc(I)c1=O. The molecule has 0 bridgehead atoms. The number of nitrogens with zero attached hydrogens (tertiary/aromatic N) is 2. The molecule has 0 fully saturated rings. The Morgan fingerprint density at radius 2 is 2.10 bits per heavy atom. The minimum absolute atomic E-state index is 0.0276. The lowest BCUT2D eigenvalue weighted by molar-refractivity contribution is 0.368. The maximum absolute atomic E-state index is 12.2. The topological polar surface area (TPSA) is 55.0 Å². The normalized spacial score (nSPS) is 10.2. The number of pyridine rings is 1. The summed E-state index contributed by atoms with van der Waals surface area (Å²) in [4.78, 5) is 12.2. The molecule has 2 rings (SSSR count). The fourth-order valence-electron chi connectivity index (χ4n) is 2.23. The Labute approximate surface area is 137 Å². The van der Waals surface area contributed by atoms with Gasteiger partial charge in [0.25, 0.3) is 5.56 Å². The van der Waals surface area contributed by atoms with Crippen molar-refractivity contribution >= 4 is 22.6 Å². The molecule has 0 N–H and O–H groups in total. The summed E-state index contributed by atoms with van der Waals surface area (Å²) in [5, 5.41) is 8.54. The maximum Gasteiger partial charge on any atom is 0.264 e. The molecule has 1 aromatic heterocycles. The largest absolute Gasteiger partial charge is 0.479 e. The molecule has 4 nitrogen and oxygen atoms in total. The van der Waals surface area contributed by atoms with Gasteiger partial charge < -0.3 is 9.30 Å². The van der Waals surface area contributed by atoms with E-state index in [-0.39, 0.29) is 12.2 Å². The van der Waals surface area contributed by atoms with Crippen molar-refractivity contribution in [3.05, 3.63) is 49.8 Å². The summed E-state index contributed by atoms with van der Waals surface area (Å²) in [5.41, 5.74) is 2.93. The van der Waals surface area contributed by atoms with Gasteiger partial charge in [-0.05, 0) is 72.3 Å². The molecule has 0 radical (unpaired) electrons. The van der Waals surface area contributed by atoms with Gasteiger partial charge in [0.15, 0.2) is 6.61 Å². The van der Waals surface area contributed by atoms with Crippen LogP contribution in [0.5, 0.6) is 5.75 Å².